The van der Waals surface area contributed by atoms with Crippen LogP contribution in [0.5, 0.6) is 0 Å². The number of rotatable bonds is 5. The molecule has 0 bridgehead atoms. The van der Waals surface area contributed by atoms with E-state index >= 15 is 0 Å². The summed E-state index contributed by atoms with van der Waals surface area (Å²) in [5.41, 5.74) is -4.30. The van der Waals surface area contributed by atoms with Crippen LogP contribution in [0.1, 0.15) is 25.3 Å². The van der Waals surface area contributed by atoms with E-state index in [4.69, 9.17) is 11.6 Å². The predicted molar refractivity (Wildman–Crippen MR) is 99.0 cm³/mol. The Morgan fingerprint density at radius 1 is 1.26 bits per heavy atom. The zero-order chi connectivity index (χ0) is 20.1. The van der Waals surface area contributed by atoms with Gasteiger partial charge in [0, 0.05) is 30.7 Å². The molecule has 0 radical (unpaired) electrons. The molecule has 0 unspecified atom stereocenters. The standard InChI is InChI=1S/C16H22ClF3N4O2S/c1-2-21-15(22-11-12-3-5-13(17)6-4-12)23-14-7-9-24(10-8-14)27(25,26)16(18,19)20/h3-6,14H,2,7-11H2,1H3,(H2,21,22,23). The third-order valence-electron chi connectivity index (χ3n) is 4.10. The third-order valence-corrected chi connectivity index (χ3v) is 5.99. The van der Waals surface area contributed by atoms with Crippen LogP contribution in [0.4, 0.5) is 13.2 Å². The van der Waals surface area contributed by atoms with Crippen LogP contribution in [0.25, 0.3) is 0 Å². The van der Waals surface area contributed by atoms with Crippen LogP contribution in [-0.4, -0.2) is 49.9 Å². The van der Waals surface area contributed by atoms with Crippen molar-refractivity contribution in [3.05, 3.63) is 34.9 Å². The number of hydrogen-bond donors (Lipinski definition) is 2. The Hall–Kier alpha value is -1.52. The number of sulfonamides is 1. The highest BCUT2D eigenvalue weighted by atomic mass is 35.5. The van der Waals surface area contributed by atoms with Gasteiger partial charge in [0.05, 0.1) is 6.54 Å². The summed E-state index contributed by atoms with van der Waals surface area (Å²) in [7, 11) is -5.26. The van der Waals surface area contributed by atoms with Gasteiger partial charge in [0.15, 0.2) is 5.96 Å². The molecular weight excluding hydrogens is 405 g/mol. The first-order valence-electron chi connectivity index (χ1n) is 8.49. The molecule has 1 aromatic rings. The molecule has 2 rings (SSSR count). The lowest BCUT2D eigenvalue weighted by molar-refractivity contribution is -0.0494. The van der Waals surface area contributed by atoms with Crippen molar-refractivity contribution < 1.29 is 21.6 Å². The van der Waals surface area contributed by atoms with Crippen LogP contribution in [0, 0.1) is 0 Å². The van der Waals surface area contributed by atoms with Crippen molar-refractivity contribution in [3.63, 3.8) is 0 Å². The molecule has 1 fully saturated rings. The molecule has 1 aromatic carbocycles. The van der Waals surface area contributed by atoms with E-state index in [2.05, 4.69) is 15.6 Å². The molecular formula is C16H22ClF3N4O2S. The average molecular weight is 427 g/mol. The van der Waals surface area contributed by atoms with Crippen LogP contribution in [0.2, 0.25) is 5.02 Å². The Kier molecular flexibility index (Phi) is 7.35. The Morgan fingerprint density at radius 3 is 2.37 bits per heavy atom. The molecule has 1 heterocycles. The number of hydrogen-bond acceptors (Lipinski definition) is 3. The molecule has 27 heavy (non-hydrogen) atoms. The molecule has 2 N–H and O–H groups in total. The lowest BCUT2D eigenvalue weighted by Gasteiger charge is -2.32. The molecule has 1 aliphatic rings. The SMILES string of the molecule is CCNC(=NCc1ccc(Cl)cc1)NC1CCN(S(=O)(=O)C(F)(F)F)CC1. The highest BCUT2D eigenvalue weighted by molar-refractivity contribution is 7.90. The van der Waals surface area contributed by atoms with Gasteiger partial charge in [0.1, 0.15) is 0 Å². The second-order valence-electron chi connectivity index (χ2n) is 6.09. The molecule has 152 valence electrons. The van der Waals surface area contributed by atoms with Gasteiger partial charge in [-0.2, -0.15) is 17.5 Å². The maximum absolute atomic E-state index is 12.6. The molecule has 0 amide bonds. The zero-order valence-electron chi connectivity index (χ0n) is 14.8. The van der Waals surface area contributed by atoms with E-state index in [0.29, 0.717) is 28.4 Å². The fourth-order valence-electron chi connectivity index (χ4n) is 2.66. The first-order valence-corrected chi connectivity index (χ1v) is 10.3. The van der Waals surface area contributed by atoms with Crippen molar-refractivity contribution in [2.24, 2.45) is 4.99 Å². The topological polar surface area (TPSA) is 73.8 Å². The molecule has 1 aliphatic heterocycles. The summed E-state index contributed by atoms with van der Waals surface area (Å²) in [5.74, 6) is 0.532. The zero-order valence-corrected chi connectivity index (χ0v) is 16.3. The summed E-state index contributed by atoms with van der Waals surface area (Å²) in [5, 5.41) is 6.87. The number of aliphatic imine (C=N–C) groups is 1. The summed E-state index contributed by atoms with van der Waals surface area (Å²) in [6, 6.07) is 7.09. The van der Waals surface area contributed by atoms with E-state index in [1.54, 1.807) is 12.1 Å². The molecule has 0 atom stereocenters. The van der Waals surface area contributed by atoms with Gasteiger partial charge in [-0.05, 0) is 37.5 Å². The summed E-state index contributed by atoms with van der Waals surface area (Å²) < 4.78 is 61.3. The summed E-state index contributed by atoms with van der Waals surface area (Å²) in [4.78, 5) is 4.45. The van der Waals surface area contributed by atoms with E-state index in [1.165, 1.54) is 0 Å². The minimum absolute atomic E-state index is 0.160. The maximum atomic E-state index is 12.6. The van der Waals surface area contributed by atoms with Gasteiger partial charge in [0.25, 0.3) is 0 Å². The highest BCUT2D eigenvalue weighted by Gasteiger charge is 2.50. The summed E-state index contributed by atoms with van der Waals surface area (Å²) in [6.45, 7) is 2.56. The van der Waals surface area contributed by atoms with E-state index in [0.717, 1.165) is 5.56 Å². The Morgan fingerprint density at radius 2 is 1.85 bits per heavy atom. The highest BCUT2D eigenvalue weighted by Crippen LogP contribution is 2.28. The van der Waals surface area contributed by atoms with Crippen LogP contribution >= 0.6 is 11.6 Å². The number of guanidine groups is 1. The molecule has 0 aliphatic carbocycles. The monoisotopic (exact) mass is 426 g/mol. The fourth-order valence-corrected chi connectivity index (χ4v) is 3.77. The minimum Gasteiger partial charge on any atom is -0.357 e. The number of nitrogens with one attached hydrogen (secondary N) is 2. The largest absolute Gasteiger partial charge is 0.511 e. The minimum atomic E-state index is -5.26. The lowest BCUT2D eigenvalue weighted by Crippen LogP contribution is -2.51. The molecule has 0 spiro atoms. The van der Waals surface area contributed by atoms with Gasteiger partial charge >= 0.3 is 15.5 Å². The third kappa shape index (κ3) is 5.98. The first kappa shape index (κ1) is 21.8. The molecule has 0 aromatic heterocycles. The second-order valence-corrected chi connectivity index (χ2v) is 8.46. The Labute approximate surface area is 161 Å². The van der Waals surface area contributed by atoms with Crippen molar-refractivity contribution >= 4 is 27.6 Å². The number of piperidine rings is 1. The number of nitrogens with zero attached hydrogens (tertiary/aromatic N) is 2. The lowest BCUT2D eigenvalue weighted by atomic mass is 10.1. The Balaban J connectivity index is 1.94. The van der Waals surface area contributed by atoms with E-state index in [-0.39, 0.29) is 32.0 Å². The van der Waals surface area contributed by atoms with Crippen LogP contribution in [-0.2, 0) is 16.6 Å². The fraction of sp³-hybridized carbons (Fsp3) is 0.562. The maximum Gasteiger partial charge on any atom is 0.511 e. The smallest absolute Gasteiger partial charge is 0.357 e. The van der Waals surface area contributed by atoms with Gasteiger partial charge in [-0.1, -0.05) is 23.7 Å². The van der Waals surface area contributed by atoms with Gasteiger partial charge < -0.3 is 10.6 Å². The molecule has 0 saturated carbocycles. The van der Waals surface area contributed by atoms with Crippen molar-refractivity contribution in [2.75, 3.05) is 19.6 Å². The Bertz CT molecular complexity index is 746. The van der Waals surface area contributed by atoms with Gasteiger partial charge in [0.2, 0.25) is 0 Å². The van der Waals surface area contributed by atoms with Crippen molar-refractivity contribution in [1.82, 2.24) is 14.9 Å². The van der Waals surface area contributed by atoms with Crippen molar-refractivity contribution in [3.8, 4) is 0 Å². The average Bonchev–Trinajstić information content (AvgIpc) is 2.61. The van der Waals surface area contributed by atoms with Crippen molar-refractivity contribution in [2.45, 2.75) is 37.9 Å². The summed E-state index contributed by atoms with van der Waals surface area (Å²) in [6.07, 6.45) is 0.529. The predicted octanol–water partition coefficient (Wildman–Crippen LogP) is 2.71. The van der Waals surface area contributed by atoms with Gasteiger partial charge in [-0.3, -0.25) is 0 Å². The number of alkyl halides is 3. The summed E-state index contributed by atoms with van der Waals surface area (Å²) >= 11 is 5.85. The van der Waals surface area contributed by atoms with Crippen LogP contribution in [0.15, 0.2) is 29.3 Å². The second kappa shape index (κ2) is 9.11. The van der Waals surface area contributed by atoms with E-state index < -0.39 is 15.5 Å². The van der Waals surface area contributed by atoms with E-state index in [1.807, 2.05) is 19.1 Å². The normalized spacial score (nSPS) is 17.7. The van der Waals surface area contributed by atoms with Crippen molar-refractivity contribution in [1.29, 1.82) is 0 Å². The molecule has 1 saturated heterocycles. The quantitative estimate of drug-likeness (QED) is 0.561. The van der Waals surface area contributed by atoms with E-state index in [9.17, 15) is 21.6 Å². The molecule has 11 heteroatoms. The number of benzene rings is 1. The van der Waals surface area contributed by atoms with Crippen LogP contribution < -0.4 is 10.6 Å². The van der Waals surface area contributed by atoms with Crippen LogP contribution in [0.3, 0.4) is 0 Å². The number of halogens is 4. The van der Waals surface area contributed by atoms with Gasteiger partial charge in [-0.25, -0.2) is 13.4 Å². The first-order chi connectivity index (χ1) is 12.6. The van der Waals surface area contributed by atoms with Gasteiger partial charge in [-0.15, -0.1) is 0 Å². The molecule has 6 nitrogen and oxygen atoms in total.